The highest BCUT2D eigenvalue weighted by atomic mass is 19.4. The molecule has 0 aliphatic carbocycles. The maximum absolute atomic E-state index is 14.7. The molecule has 1 fully saturated rings. The summed E-state index contributed by atoms with van der Waals surface area (Å²) in [5.41, 5.74) is 6.90. The van der Waals surface area contributed by atoms with Crippen molar-refractivity contribution in [1.29, 1.82) is 0 Å². The quantitative estimate of drug-likeness (QED) is 0.188. The third-order valence-electron chi connectivity index (χ3n) is 8.46. The predicted octanol–water partition coefficient (Wildman–Crippen LogP) is 7.81. The fourth-order valence-corrected chi connectivity index (χ4v) is 5.76. The molecule has 42 heavy (non-hydrogen) atoms. The monoisotopic (exact) mass is 579 g/mol. The Hall–Kier alpha value is -3.63. The fraction of sp³-hybridized carbons (Fsp3) is 0.429. The second-order valence-electron chi connectivity index (χ2n) is 11.5. The molecule has 4 nitrogen and oxygen atoms in total. The van der Waals surface area contributed by atoms with E-state index < -0.39 is 30.0 Å². The number of allylic oxidation sites excluding steroid dienone is 5. The van der Waals surface area contributed by atoms with E-state index in [1.54, 1.807) is 32.1 Å². The lowest BCUT2D eigenvalue weighted by Gasteiger charge is -2.39. The minimum atomic E-state index is -4.86. The van der Waals surface area contributed by atoms with Crippen LogP contribution in [0.1, 0.15) is 81.0 Å². The number of aromatic nitrogens is 1. The third kappa shape index (κ3) is 7.41. The molecule has 226 valence electrons. The highest BCUT2D eigenvalue weighted by molar-refractivity contribution is 5.81. The number of terminal acetylenes is 1. The number of hydrogen-bond acceptors (Lipinski definition) is 3. The average Bonchev–Trinajstić information content (AvgIpc) is 3.30. The number of nitrogens with two attached hydrogens (primary N) is 1. The normalized spacial score (nSPS) is 18.3. The highest BCUT2D eigenvalue weighted by Crippen LogP contribution is 2.45. The summed E-state index contributed by atoms with van der Waals surface area (Å²) in [6, 6.07) is 9.02. The number of aromatic amines is 1. The number of hydrogen-bond donors (Lipinski definition) is 3. The van der Waals surface area contributed by atoms with Crippen LogP contribution in [-0.4, -0.2) is 39.9 Å². The van der Waals surface area contributed by atoms with Crippen LogP contribution in [0, 0.1) is 19.3 Å². The van der Waals surface area contributed by atoms with Crippen molar-refractivity contribution in [2.24, 2.45) is 5.73 Å². The molecule has 2 atom stereocenters. The molecule has 7 heteroatoms. The Kier molecular flexibility index (Phi) is 10.6. The van der Waals surface area contributed by atoms with E-state index in [0.29, 0.717) is 34.8 Å². The van der Waals surface area contributed by atoms with Gasteiger partial charge in [-0.3, -0.25) is 0 Å². The number of alkyl halides is 3. The van der Waals surface area contributed by atoms with E-state index in [2.05, 4.69) is 22.4 Å². The second-order valence-corrected chi connectivity index (χ2v) is 11.5. The first-order valence-corrected chi connectivity index (χ1v) is 14.6. The minimum Gasteiger partial charge on any atom is -0.385 e. The zero-order valence-electron chi connectivity index (χ0n) is 25.2. The van der Waals surface area contributed by atoms with Crippen molar-refractivity contribution in [2.75, 3.05) is 13.1 Å². The molecule has 1 aliphatic heterocycles. The molecule has 1 aromatic carbocycles. The topological polar surface area (TPSA) is 65.3 Å². The van der Waals surface area contributed by atoms with Crippen molar-refractivity contribution in [3.8, 4) is 12.3 Å². The molecule has 0 radical (unpaired) electrons. The number of nitrogens with zero attached hydrogens (tertiary/aromatic N) is 1. The lowest BCUT2D eigenvalue weighted by molar-refractivity contribution is -0.267. The molecule has 2 aromatic rings. The van der Waals surface area contributed by atoms with Crippen LogP contribution in [0.2, 0.25) is 0 Å². The summed E-state index contributed by atoms with van der Waals surface area (Å²) >= 11 is 0. The number of nitrogens with one attached hydrogen (secondary N) is 1. The van der Waals surface area contributed by atoms with Crippen LogP contribution in [-0.2, 0) is 11.8 Å². The first-order chi connectivity index (χ1) is 19.8. The summed E-state index contributed by atoms with van der Waals surface area (Å²) < 4.78 is 44.1. The van der Waals surface area contributed by atoms with Gasteiger partial charge in [0.1, 0.15) is 0 Å². The molecule has 1 aromatic heterocycles. The first kappa shape index (κ1) is 32.9. The number of aliphatic hydroxyl groups is 1. The Labute approximate surface area is 248 Å². The smallest absolute Gasteiger partial charge is 0.385 e. The zero-order valence-corrected chi connectivity index (χ0v) is 25.2. The van der Waals surface area contributed by atoms with Gasteiger partial charge in [-0.15, -0.1) is 6.42 Å². The number of benzene rings is 1. The third-order valence-corrected chi connectivity index (χ3v) is 8.46. The van der Waals surface area contributed by atoms with Crippen LogP contribution in [0.15, 0.2) is 66.5 Å². The number of rotatable bonds is 11. The van der Waals surface area contributed by atoms with E-state index in [9.17, 15) is 18.3 Å². The van der Waals surface area contributed by atoms with E-state index >= 15 is 0 Å². The van der Waals surface area contributed by atoms with Crippen LogP contribution in [0.25, 0.3) is 11.6 Å². The number of piperidine rings is 1. The van der Waals surface area contributed by atoms with Crippen molar-refractivity contribution in [3.05, 3.63) is 94.6 Å². The van der Waals surface area contributed by atoms with Crippen LogP contribution < -0.4 is 5.73 Å². The summed E-state index contributed by atoms with van der Waals surface area (Å²) in [5.74, 6) is 3.23. The number of halogens is 3. The summed E-state index contributed by atoms with van der Waals surface area (Å²) in [6.45, 7) is 12.8. The van der Waals surface area contributed by atoms with Gasteiger partial charge in [-0.05, 0) is 85.8 Å². The van der Waals surface area contributed by atoms with Gasteiger partial charge >= 0.3 is 6.18 Å². The van der Waals surface area contributed by atoms with Crippen molar-refractivity contribution < 1.29 is 18.3 Å². The molecule has 0 amide bonds. The van der Waals surface area contributed by atoms with E-state index in [0.717, 1.165) is 42.6 Å². The van der Waals surface area contributed by atoms with Gasteiger partial charge in [-0.2, -0.15) is 13.2 Å². The molecular formula is C35H44F3N3O. The van der Waals surface area contributed by atoms with Gasteiger partial charge in [0, 0.05) is 36.5 Å². The van der Waals surface area contributed by atoms with Crippen molar-refractivity contribution >= 4 is 11.6 Å². The highest BCUT2D eigenvalue weighted by Gasteiger charge is 2.56. The molecule has 0 saturated carbocycles. The fourth-order valence-electron chi connectivity index (χ4n) is 5.76. The lowest BCUT2D eigenvalue weighted by Crippen LogP contribution is -2.51. The standard InChI is InChI=1S/C35H44F3N3O/c1-7-15-31(26(8-2)9-3)27-16-14-17-29(20-27)33(6,10-4)24-34(42,35(36,37)38)23-30-21-28(25(5)40-30)22-32(39)41-18-12-11-13-19-41/h2,7,9,14-17,20-22,40,42H,3,10-13,18-19,23-24,39H2,1,4-6H3/b15-7-,31-26+,32-22+. The van der Waals surface area contributed by atoms with E-state index in [1.165, 1.54) is 6.42 Å². The lowest BCUT2D eigenvalue weighted by atomic mass is 9.70. The second kappa shape index (κ2) is 13.6. The van der Waals surface area contributed by atoms with Crippen LogP contribution >= 0.6 is 0 Å². The van der Waals surface area contributed by atoms with Crippen molar-refractivity contribution in [1.82, 2.24) is 9.88 Å². The molecule has 2 unspecified atom stereocenters. The van der Waals surface area contributed by atoms with Crippen LogP contribution in [0.4, 0.5) is 13.2 Å². The van der Waals surface area contributed by atoms with Gasteiger partial charge in [0.15, 0.2) is 5.60 Å². The van der Waals surface area contributed by atoms with Crippen molar-refractivity contribution in [2.45, 2.75) is 83.4 Å². The number of likely N-dealkylation sites (tertiary alicyclic amines) is 1. The Morgan fingerprint density at radius 3 is 2.48 bits per heavy atom. The maximum atomic E-state index is 14.7. The Morgan fingerprint density at radius 2 is 1.90 bits per heavy atom. The summed E-state index contributed by atoms with van der Waals surface area (Å²) in [7, 11) is 0. The van der Waals surface area contributed by atoms with Gasteiger partial charge in [-0.25, -0.2) is 0 Å². The van der Waals surface area contributed by atoms with Gasteiger partial charge in [-0.1, -0.05) is 68.8 Å². The molecular weight excluding hydrogens is 535 g/mol. The van der Waals surface area contributed by atoms with Gasteiger partial charge in [0.05, 0.1) is 5.82 Å². The number of aryl methyl sites for hydroxylation is 1. The average molecular weight is 580 g/mol. The van der Waals surface area contributed by atoms with Gasteiger partial charge in [0.2, 0.25) is 0 Å². The maximum Gasteiger partial charge on any atom is 0.417 e. The van der Waals surface area contributed by atoms with Crippen LogP contribution in [0.3, 0.4) is 0 Å². The molecule has 1 saturated heterocycles. The molecule has 1 aliphatic rings. The molecule has 3 rings (SSSR count). The molecule has 4 N–H and O–H groups in total. The van der Waals surface area contributed by atoms with Gasteiger partial charge < -0.3 is 20.7 Å². The Bertz CT molecular complexity index is 1380. The van der Waals surface area contributed by atoms with Crippen molar-refractivity contribution in [3.63, 3.8) is 0 Å². The SMILES string of the molecule is C#C/C(C=C)=C(/C=C\C)c1cccc(C(C)(CC)CC(O)(Cc2cc(/C=C(\N)N3CCCCC3)c(C)[nH]2)C(F)(F)F)c1. The zero-order chi connectivity index (χ0) is 31.1. The molecule has 0 spiro atoms. The van der Waals surface area contributed by atoms with E-state index in [-0.39, 0.29) is 0 Å². The largest absolute Gasteiger partial charge is 0.417 e. The molecule has 2 heterocycles. The molecule has 0 bridgehead atoms. The predicted molar refractivity (Wildman–Crippen MR) is 167 cm³/mol. The van der Waals surface area contributed by atoms with E-state index in [4.69, 9.17) is 12.2 Å². The minimum absolute atomic E-state index is 0.306. The van der Waals surface area contributed by atoms with E-state index in [1.807, 2.05) is 50.3 Å². The first-order valence-electron chi connectivity index (χ1n) is 14.6. The summed E-state index contributed by atoms with van der Waals surface area (Å²) in [6.07, 6.45) is 10.5. The van der Waals surface area contributed by atoms with Gasteiger partial charge in [0.25, 0.3) is 0 Å². The Balaban J connectivity index is 1.98. The summed E-state index contributed by atoms with van der Waals surface area (Å²) in [5, 5.41) is 11.4. The van der Waals surface area contributed by atoms with Crippen LogP contribution in [0.5, 0.6) is 0 Å². The summed E-state index contributed by atoms with van der Waals surface area (Å²) in [4.78, 5) is 5.17. The number of H-pyrrole nitrogens is 1. The Morgan fingerprint density at radius 1 is 1.21 bits per heavy atom.